The number of rotatable bonds is 5. The number of hydrazone groups is 1. The molecule has 1 aliphatic rings. The van der Waals surface area contributed by atoms with Crippen LogP contribution in [0.2, 0.25) is 0 Å². The lowest BCUT2D eigenvalue weighted by Gasteiger charge is -2.14. The van der Waals surface area contributed by atoms with E-state index in [2.05, 4.69) is 25.5 Å². The number of imidazole rings is 1. The lowest BCUT2D eigenvalue weighted by Crippen LogP contribution is -2.28. The predicted molar refractivity (Wildman–Crippen MR) is 96.9 cm³/mol. The smallest absolute Gasteiger partial charge is 0.210 e. The maximum Gasteiger partial charge on any atom is 0.210 e. The molecule has 0 aliphatic carbocycles. The van der Waals surface area contributed by atoms with Gasteiger partial charge in [0.2, 0.25) is 6.41 Å². The minimum absolute atomic E-state index is 0.356. The van der Waals surface area contributed by atoms with E-state index in [0.717, 1.165) is 28.5 Å². The van der Waals surface area contributed by atoms with E-state index < -0.39 is 0 Å². The molecule has 4 rings (SSSR count). The van der Waals surface area contributed by atoms with Gasteiger partial charge in [-0.05, 0) is 25.1 Å². The van der Waals surface area contributed by atoms with Gasteiger partial charge in [-0.25, -0.2) is 15.4 Å². The second-order valence-electron chi connectivity index (χ2n) is 5.75. The van der Waals surface area contributed by atoms with Crippen LogP contribution in [-0.4, -0.2) is 45.6 Å². The summed E-state index contributed by atoms with van der Waals surface area (Å²) in [6.45, 7) is 3.63. The van der Waals surface area contributed by atoms with E-state index in [4.69, 9.17) is 5.73 Å². The maximum atomic E-state index is 11.0. The van der Waals surface area contributed by atoms with Crippen LogP contribution in [-0.2, 0) is 11.3 Å². The Morgan fingerprint density at radius 2 is 2.28 bits per heavy atom. The van der Waals surface area contributed by atoms with Gasteiger partial charge in [0.05, 0.1) is 29.8 Å². The zero-order valence-corrected chi connectivity index (χ0v) is 13.7. The number of hydrogen-bond donors (Lipinski definition) is 3. The molecule has 0 spiro atoms. The van der Waals surface area contributed by atoms with Crippen LogP contribution in [0.1, 0.15) is 12.7 Å². The molecule has 0 unspecified atom stereocenters. The molecule has 1 aromatic carbocycles. The minimum Gasteiger partial charge on any atom is -0.382 e. The van der Waals surface area contributed by atoms with Gasteiger partial charge in [0.15, 0.2) is 5.82 Å². The zero-order valence-electron chi connectivity index (χ0n) is 13.7. The number of pyridine rings is 1. The Bertz CT molecular complexity index is 979. The summed E-state index contributed by atoms with van der Waals surface area (Å²) >= 11 is 0. The van der Waals surface area contributed by atoms with Gasteiger partial charge >= 0.3 is 0 Å². The normalized spacial score (nSPS) is 13.9. The summed E-state index contributed by atoms with van der Waals surface area (Å²) in [6, 6.07) is 5.85. The Kier molecular flexibility index (Phi) is 3.69. The van der Waals surface area contributed by atoms with Crippen LogP contribution >= 0.6 is 0 Å². The first-order chi connectivity index (χ1) is 12.2. The third-order valence-corrected chi connectivity index (χ3v) is 4.17. The number of hydrazine groups is 1. The first kappa shape index (κ1) is 15.3. The summed E-state index contributed by atoms with van der Waals surface area (Å²) in [5, 5.41) is 6.85. The van der Waals surface area contributed by atoms with E-state index in [0.29, 0.717) is 36.8 Å². The molecule has 1 aliphatic heterocycles. The molecular formula is C16H18N8O. The lowest BCUT2D eigenvalue weighted by molar-refractivity contribution is -0.118. The number of hydrogen-bond acceptors (Lipinski definition) is 7. The lowest BCUT2D eigenvalue weighted by atomic mass is 10.1. The monoisotopic (exact) mass is 338 g/mol. The van der Waals surface area contributed by atoms with Crippen molar-refractivity contribution in [3.63, 3.8) is 0 Å². The van der Waals surface area contributed by atoms with Crippen molar-refractivity contribution in [2.24, 2.45) is 5.10 Å². The molecule has 3 aromatic rings. The molecule has 0 radical (unpaired) electrons. The van der Waals surface area contributed by atoms with E-state index >= 15 is 0 Å². The first-order valence-electron chi connectivity index (χ1n) is 8.03. The molecule has 9 nitrogen and oxygen atoms in total. The maximum absolute atomic E-state index is 11.0. The first-order valence-corrected chi connectivity index (χ1v) is 8.03. The molecule has 0 bridgehead atoms. The van der Waals surface area contributed by atoms with Crippen LogP contribution in [0, 0.1) is 0 Å². The molecule has 9 heteroatoms. The van der Waals surface area contributed by atoms with Crippen molar-refractivity contribution in [2.75, 3.05) is 23.9 Å². The van der Waals surface area contributed by atoms with Crippen LogP contribution in [0.15, 0.2) is 23.3 Å². The van der Waals surface area contributed by atoms with E-state index in [1.165, 1.54) is 0 Å². The van der Waals surface area contributed by atoms with Crippen LogP contribution < -0.4 is 16.3 Å². The summed E-state index contributed by atoms with van der Waals surface area (Å²) in [4.78, 5) is 24.9. The largest absolute Gasteiger partial charge is 0.382 e. The van der Waals surface area contributed by atoms with Crippen molar-refractivity contribution >= 4 is 46.1 Å². The van der Waals surface area contributed by atoms with Gasteiger partial charge in [0.25, 0.3) is 0 Å². The van der Waals surface area contributed by atoms with Crippen molar-refractivity contribution in [3.05, 3.63) is 24.0 Å². The number of nitrogen functional groups attached to an aromatic ring is 1. The molecule has 0 saturated heterocycles. The summed E-state index contributed by atoms with van der Waals surface area (Å²) in [5.74, 6) is 1.04. The molecule has 2 aromatic heterocycles. The van der Waals surface area contributed by atoms with E-state index in [9.17, 15) is 4.79 Å². The topological polar surface area (TPSA) is 116 Å². The van der Waals surface area contributed by atoms with Crippen molar-refractivity contribution in [3.8, 4) is 0 Å². The Morgan fingerprint density at radius 3 is 3.00 bits per heavy atom. The van der Waals surface area contributed by atoms with Gasteiger partial charge in [-0.2, -0.15) is 10.2 Å². The number of H-pyrrole nitrogens is 1. The standard InChI is InChI=1S/C16H18N8O/c1-2-23(9-25)8-13-21-14-11-4-3-10(24-18-5-6-19-24)7-12(11)20-16(17)15(14)22-13/h3-5,7,9,19H,2,6,8H2,1H3,(H2,17,20)(H,21,22). The van der Waals surface area contributed by atoms with Crippen molar-refractivity contribution in [1.29, 1.82) is 0 Å². The number of fused-ring (bicyclic) bond motifs is 3. The van der Waals surface area contributed by atoms with Crippen LogP contribution in [0.3, 0.4) is 0 Å². The molecule has 0 atom stereocenters. The van der Waals surface area contributed by atoms with E-state index in [1.54, 1.807) is 16.2 Å². The number of carbonyl (C=O) groups is 1. The highest BCUT2D eigenvalue weighted by atomic mass is 16.1. The quantitative estimate of drug-likeness (QED) is 0.597. The number of nitrogens with zero attached hydrogens (tertiary/aromatic N) is 5. The molecule has 1 amide bonds. The number of benzene rings is 1. The highest BCUT2D eigenvalue weighted by molar-refractivity contribution is 6.06. The number of aromatic nitrogens is 3. The van der Waals surface area contributed by atoms with Crippen molar-refractivity contribution in [1.82, 2.24) is 25.3 Å². The average Bonchev–Trinajstić information content (AvgIpc) is 3.29. The van der Waals surface area contributed by atoms with Gasteiger partial charge in [0, 0.05) is 18.1 Å². The number of anilines is 2. The SMILES string of the molecule is CCN(C=O)Cc1nc2c(N)nc3cc(N4N=CCN4)ccc3c2[nH]1. The molecule has 3 heterocycles. The summed E-state index contributed by atoms with van der Waals surface area (Å²) in [5.41, 5.74) is 12.3. The Balaban J connectivity index is 1.80. The van der Waals surface area contributed by atoms with Crippen LogP contribution in [0.5, 0.6) is 0 Å². The predicted octanol–water partition coefficient (Wildman–Crippen LogP) is 0.982. The highest BCUT2D eigenvalue weighted by Gasteiger charge is 2.15. The van der Waals surface area contributed by atoms with E-state index in [-0.39, 0.29) is 0 Å². The van der Waals surface area contributed by atoms with Crippen molar-refractivity contribution < 1.29 is 4.79 Å². The fraction of sp³-hybridized carbons (Fsp3) is 0.250. The van der Waals surface area contributed by atoms with Crippen LogP contribution in [0.4, 0.5) is 11.5 Å². The van der Waals surface area contributed by atoms with Gasteiger partial charge in [-0.15, -0.1) is 0 Å². The number of amides is 1. The fourth-order valence-corrected chi connectivity index (χ4v) is 2.88. The molecule has 128 valence electrons. The number of nitrogens with two attached hydrogens (primary N) is 1. The third kappa shape index (κ3) is 2.64. The third-order valence-electron chi connectivity index (χ3n) is 4.17. The van der Waals surface area contributed by atoms with Gasteiger partial charge in [-0.1, -0.05) is 0 Å². The zero-order chi connectivity index (χ0) is 17.4. The molecule has 4 N–H and O–H groups in total. The summed E-state index contributed by atoms with van der Waals surface area (Å²) in [7, 11) is 0. The highest BCUT2D eigenvalue weighted by Crippen LogP contribution is 2.29. The fourth-order valence-electron chi connectivity index (χ4n) is 2.88. The Hall–Kier alpha value is -3.20. The minimum atomic E-state index is 0.356. The van der Waals surface area contributed by atoms with Gasteiger partial charge in [-0.3, -0.25) is 4.79 Å². The Labute approximate surface area is 143 Å². The summed E-state index contributed by atoms with van der Waals surface area (Å²) < 4.78 is 0. The van der Waals surface area contributed by atoms with Crippen molar-refractivity contribution in [2.45, 2.75) is 13.5 Å². The number of carbonyl (C=O) groups excluding carboxylic acids is 1. The molecule has 0 saturated carbocycles. The average molecular weight is 338 g/mol. The van der Waals surface area contributed by atoms with Gasteiger partial charge in [0.1, 0.15) is 11.3 Å². The number of aromatic amines is 1. The molecular weight excluding hydrogens is 320 g/mol. The summed E-state index contributed by atoms with van der Waals surface area (Å²) in [6.07, 6.45) is 2.60. The van der Waals surface area contributed by atoms with E-state index in [1.807, 2.05) is 25.1 Å². The second kappa shape index (κ2) is 6.02. The molecule has 25 heavy (non-hydrogen) atoms. The second-order valence-corrected chi connectivity index (χ2v) is 5.75. The Morgan fingerprint density at radius 1 is 1.40 bits per heavy atom. The number of nitrogens with one attached hydrogen (secondary N) is 2. The molecule has 0 fully saturated rings. The van der Waals surface area contributed by atoms with Crippen LogP contribution in [0.25, 0.3) is 21.9 Å². The van der Waals surface area contributed by atoms with Gasteiger partial charge < -0.3 is 15.6 Å².